The fourth-order valence-corrected chi connectivity index (χ4v) is 3.58. The number of hydrogen-bond acceptors (Lipinski definition) is 2. The SMILES string of the molecule is O=C(NC1(CO)CCCC1)c1c[nH]c2cccc(Br)c12. The van der Waals surface area contributed by atoms with Crippen LogP contribution in [0.4, 0.5) is 0 Å². The van der Waals surface area contributed by atoms with Gasteiger partial charge in [0.25, 0.3) is 5.91 Å². The molecule has 5 heteroatoms. The molecule has 0 atom stereocenters. The van der Waals surface area contributed by atoms with Crippen molar-refractivity contribution >= 4 is 32.7 Å². The highest BCUT2D eigenvalue weighted by molar-refractivity contribution is 9.10. The van der Waals surface area contributed by atoms with Crippen LogP contribution in [0, 0.1) is 0 Å². The predicted octanol–water partition coefficient (Wildman–Crippen LogP) is 2.97. The van der Waals surface area contributed by atoms with Gasteiger partial charge in [0.2, 0.25) is 0 Å². The highest BCUT2D eigenvalue weighted by Gasteiger charge is 2.35. The third-order valence-corrected chi connectivity index (χ3v) is 4.80. The number of aliphatic hydroxyl groups is 1. The molecular weight excluding hydrogens is 320 g/mol. The van der Waals surface area contributed by atoms with Crippen LogP contribution in [0.25, 0.3) is 10.9 Å². The van der Waals surface area contributed by atoms with Crippen LogP contribution in [0.3, 0.4) is 0 Å². The lowest BCUT2D eigenvalue weighted by Gasteiger charge is -2.27. The first-order valence-electron chi connectivity index (χ1n) is 6.84. The largest absolute Gasteiger partial charge is 0.394 e. The number of nitrogens with one attached hydrogen (secondary N) is 2. The highest BCUT2D eigenvalue weighted by atomic mass is 79.9. The summed E-state index contributed by atoms with van der Waals surface area (Å²) in [5.41, 5.74) is 1.10. The topological polar surface area (TPSA) is 65.1 Å². The van der Waals surface area contributed by atoms with Crippen molar-refractivity contribution < 1.29 is 9.90 Å². The number of hydrogen-bond donors (Lipinski definition) is 3. The zero-order valence-electron chi connectivity index (χ0n) is 11.1. The van der Waals surface area contributed by atoms with Crippen molar-refractivity contribution in [3.8, 4) is 0 Å². The average molecular weight is 337 g/mol. The zero-order valence-corrected chi connectivity index (χ0v) is 12.7. The molecule has 106 valence electrons. The summed E-state index contributed by atoms with van der Waals surface area (Å²) in [5.74, 6) is -0.126. The molecule has 3 rings (SSSR count). The molecule has 1 heterocycles. The van der Waals surface area contributed by atoms with Crippen molar-refractivity contribution in [2.45, 2.75) is 31.2 Å². The fourth-order valence-electron chi connectivity index (χ4n) is 3.00. The summed E-state index contributed by atoms with van der Waals surface area (Å²) in [6.07, 6.45) is 5.53. The van der Waals surface area contributed by atoms with Gasteiger partial charge in [-0.2, -0.15) is 0 Å². The molecule has 1 aliphatic rings. The number of amides is 1. The van der Waals surface area contributed by atoms with Crippen molar-refractivity contribution in [1.82, 2.24) is 10.3 Å². The highest BCUT2D eigenvalue weighted by Crippen LogP contribution is 2.31. The second-order valence-electron chi connectivity index (χ2n) is 5.46. The number of aromatic nitrogens is 1. The summed E-state index contributed by atoms with van der Waals surface area (Å²) in [6.45, 7) is 0.00225. The molecule has 0 radical (unpaired) electrons. The van der Waals surface area contributed by atoms with Crippen molar-refractivity contribution in [1.29, 1.82) is 0 Å². The summed E-state index contributed by atoms with van der Waals surface area (Å²) in [5, 5.41) is 13.5. The van der Waals surface area contributed by atoms with Gasteiger partial charge in [-0.25, -0.2) is 0 Å². The van der Waals surface area contributed by atoms with Crippen LogP contribution < -0.4 is 5.32 Å². The molecule has 1 aliphatic carbocycles. The van der Waals surface area contributed by atoms with Crippen molar-refractivity contribution in [2.24, 2.45) is 0 Å². The minimum absolute atomic E-state index is 0.00225. The van der Waals surface area contributed by atoms with E-state index in [9.17, 15) is 9.90 Å². The number of halogens is 1. The first-order chi connectivity index (χ1) is 9.65. The van der Waals surface area contributed by atoms with Crippen molar-refractivity contribution in [2.75, 3.05) is 6.61 Å². The lowest BCUT2D eigenvalue weighted by atomic mass is 9.98. The van der Waals surface area contributed by atoms with Gasteiger partial charge in [-0.3, -0.25) is 4.79 Å². The quantitative estimate of drug-likeness (QED) is 0.806. The molecule has 0 saturated heterocycles. The second kappa shape index (κ2) is 5.22. The summed E-state index contributed by atoms with van der Waals surface area (Å²) >= 11 is 3.49. The van der Waals surface area contributed by atoms with Crippen LogP contribution in [-0.2, 0) is 0 Å². The zero-order chi connectivity index (χ0) is 14.2. The number of H-pyrrole nitrogens is 1. The van der Waals surface area contributed by atoms with Crippen molar-refractivity contribution in [3.63, 3.8) is 0 Å². The molecule has 0 unspecified atom stereocenters. The summed E-state index contributed by atoms with van der Waals surface area (Å²) < 4.78 is 0.894. The molecule has 2 aromatic rings. The number of benzene rings is 1. The van der Waals surface area contributed by atoms with Gasteiger partial charge in [0, 0.05) is 21.6 Å². The minimum Gasteiger partial charge on any atom is -0.394 e. The van der Waals surface area contributed by atoms with Gasteiger partial charge in [-0.05, 0) is 25.0 Å². The Kier molecular flexibility index (Phi) is 3.56. The Morgan fingerprint density at radius 3 is 2.85 bits per heavy atom. The number of aliphatic hydroxyl groups excluding tert-OH is 1. The van der Waals surface area contributed by atoms with Crippen LogP contribution in [0.5, 0.6) is 0 Å². The lowest BCUT2D eigenvalue weighted by molar-refractivity contribution is 0.0840. The molecule has 1 aromatic heterocycles. The van der Waals surface area contributed by atoms with Crippen molar-refractivity contribution in [3.05, 3.63) is 34.4 Å². The molecule has 0 bridgehead atoms. The number of aromatic amines is 1. The minimum atomic E-state index is -0.443. The molecule has 1 amide bonds. The van der Waals surface area contributed by atoms with Crippen LogP contribution in [-0.4, -0.2) is 28.1 Å². The summed E-state index contributed by atoms with van der Waals surface area (Å²) in [6, 6.07) is 5.79. The Morgan fingerprint density at radius 1 is 1.40 bits per heavy atom. The van der Waals surface area contributed by atoms with Gasteiger partial charge < -0.3 is 15.4 Å². The maximum absolute atomic E-state index is 12.5. The summed E-state index contributed by atoms with van der Waals surface area (Å²) in [4.78, 5) is 15.6. The maximum Gasteiger partial charge on any atom is 0.253 e. The van der Waals surface area contributed by atoms with Gasteiger partial charge in [-0.1, -0.05) is 34.8 Å². The van der Waals surface area contributed by atoms with E-state index in [1.54, 1.807) is 6.20 Å². The third-order valence-electron chi connectivity index (χ3n) is 4.14. The van der Waals surface area contributed by atoms with E-state index in [4.69, 9.17) is 0 Å². The summed E-state index contributed by atoms with van der Waals surface area (Å²) in [7, 11) is 0. The Balaban J connectivity index is 1.93. The molecule has 1 fully saturated rings. The Morgan fingerprint density at radius 2 is 2.15 bits per heavy atom. The van der Waals surface area contributed by atoms with E-state index in [1.807, 2.05) is 18.2 Å². The van der Waals surface area contributed by atoms with Gasteiger partial charge in [-0.15, -0.1) is 0 Å². The number of fused-ring (bicyclic) bond motifs is 1. The van der Waals surface area contributed by atoms with Crippen LogP contribution in [0.1, 0.15) is 36.0 Å². The molecule has 0 aliphatic heterocycles. The van der Waals surface area contributed by atoms with E-state index >= 15 is 0 Å². The normalized spacial score (nSPS) is 17.5. The molecule has 3 N–H and O–H groups in total. The van der Waals surface area contributed by atoms with E-state index in [1.165, 1.54) is 0 Å². The lowest BCUT2D eigenvalue weighted by Crippen LogP contribution is -2.49. The molecule has 1 aromatic carbocycles. The second-order valence-corrected chi connectivity index (χ2v) is 6.32. The first-order valence-corrected chi connectivity index (χ1v) is 7.63. The Hall–Kier alpha value is -1.33. The molecule has 1 saturated carbocycles. The number of rotatable bonds is 3. The molecule has 20 heavy (non-hydrogen) atoms. The number of carbonyl (C=O) groups is 1. The van der Waals surface area contributed by atoms with Crippen LogP contribution in [0.2, 0.25) is 0 Å². The maximum atomic E-state index is 12.5. The molecular formula is C15H17BrN2O2. The van der Waals surface area contributed by atoms with E-state index in [0.29, 0.717) is 5.56 Å². The Bertz CT molecular complexity index is 644. The average Bonchev–Trinajstić information content (AvgIpc) is 3.06. The van der Waals surface area contributed by atoms with Gasteiger partial charge in [0.1, 0.15) is 0 Å². The smallest absolute Gasteiger partial charge is 0.253 e. The third kappa shape index (κ3) is 2.25. The number of carbonyl (C=O) groups excluding carboxylic acids is 1. The molecule has 4 nitrogen and oxygen atoms in total. The Labute approximate surface area is 125 Å². The van der Waals surface area contributed by atoms with Gasteiger partial charge in [0.15, 0.2) is 0 Å². The van der Waals surface area contributed by atoms with Crippen LogP contribution in [0.15, 0.2) is 28.9 Å². The van der Waals surface area contributed by atoms with E-state index < -0.39 is 5.54 Å². The first kappa shape index (κ1) is 13.6. The van der Waals surface area contributed by atoms with Crippen LogP contribution >= 0.6 is 15.9 Å². The van der Waals surface area contributed by atoms with E-state index in [0.717, 1.165) is 41.1 Å². The van der Waals surface area contributed by atoms with E-state index in [-0.39, 0.29) is 12.5 Å². The van der Waals surface area contributed by atoms with Gasteiger partial charge >= 0.3 is 0 Å². The molecule has 0 spiro atoms. The monoisotopic (exact) mass is 336 g/mol. The van der Waals surface area contributed by atoms with E-state index in [2.05, 4.69) is 26.2 Å². The standard InChI is InChI=1S/C15H17BrN2O2/c16-11-4-3-5-12-13(11)10(8-17-12)14(20)18-15(9-19)6-1-2-7-15/h3-5,8,17,19H,1-2,6-7,9H2,(H,18,20). The van der Waals surface area contributed by atoms with Gasteiger partial charge in [0.05, 0.1) is 17.7 Å². The predicted molar refractivity (Wildman–Crippen MR) is 81.7 cm³/mol. The fraction of sp³-hybridized carbons (Fsp3) is 0.400.